The summed E-state index contributed by atoms with van der Waals surface area (Å²) in [7, 11) is 0. The van der Waals surface area contributed by atoms with Gasteiger partial charge in [-0.2, -0.15) is 10.5 Å². The highest BCUT2D eigenvalue weighted by molar-refractivity contribution is 6.04. The van der Waals surface area contributed by atoms with E-state index in [1.54, 1.807) is 0 Å². The molecule has 0 aromatic rings. The van der Waals surface area contributed by atoms with Gasteiger partial charge in [0.05, 0.1) is 0 Å². The lowest BCUT2D eigenvalue weighted by Gasteiger charge is -1.90. The van der Waals surface area contributed by atoms with Crippen molar-refractivity contribution in [3.63, 3.8) is 0 Å². The van der Waals surface area contributed by atoms with Gasteiger partial charge >= 0.3 is 11.9 Å². The molecule has 0 atom stereocenters. The number of carboxylic acid groups (broad SMARTS) is 2. The van der Waals surface area contributed by atoms with Crippen molar-refractivity contribution in [2.24, 2.45) is 0 Å². The van der Waals surface area contributed by atoms with Crippen LogP contribution in [-0.2, 0) is 9.59 Å². The van der Waals surface area contributed by atoms with E-state index in [4.69, 9.17) is 20.7 Å². The first-order valence-corrected chi connectivity index (χ1v) is 2.55. The molecule has 0 aliphatic carbocycles. The second-order valence-corrected chi connectivity index (χ2v) is 1.58. The summed E-state index contributed by atoms with van der Waals surface area (Å²) in [5, 5.41) is 32.7. The summed E-state index contributed by atoms with van der Waals surface area (Å²) in [6.07, 6.45) is 0. The lowest BCUT2D eigenvalue weighted by molar-refractivity contribution is -0.135. The zero-order valence-electron chi connectivity index (χ0n) is 5.61. The van der Waals surface area contributed by atoms with Crippen LogP contribution in [0.15, 0.2) is 11.1 Å². The molecule has 0 bridgehead atoms. The minimum atomic E-state index is -1.73. The van der Waals surface area contributed by atoms with Gasteiger partial charge in [0.25, 0.3) is 0 Å². The third-order valence-corrected chi connectivity index (χ3v) is 0.901. The van der Waals surface area contributed by atoms with Gasteiger partial charge in [-0.3, -0.25) is 0 Å². The van der Waals surface area contributed by atoms with Crippen molar-refractivity contribution >= 4 is 11.9 Å². The standard InChI is InChI=1S/C6H2N2O4/c7-1-3(5(9)10)4(2-8)6(11)12/h(H,9,10)(H,11,12). The summed E-state index contributed by atoms with van der Waals surface area (Å²) in [6.45, 7) is 0. The maximum Gasteiger partial charge on any atom is 0.348 e. The van der Waals surface area contributed by atoms with Gasteiger partial charge in [-0.15, -0.1) is 0 Å². The number of hydrogen-bond acceptors (Lipinski definition) is 4. The lowest BCUT2D eigenvalue weighted by Crippen LogP contribution is -2.08. The van der Waals surface area contributed by atoms with Gasteiger partial charge in [0, 0.05) is 0 Å². The van der Waals surface area contributed by atoms with Crippen LogP contribution in [0.25, 0.3) is 0 Å². The largest absolute Gasteiger partial charge is 0.477 e. The Morgan fingerprint density at radius 1 is 0.917 bits per heavy atom. The number of rotatable bonds is 2. The highest BCUT2D eigenvalue weighted by Gasteiger charge is 2.19. The Morgan fingerprint density at radius 2 is 1.17 bits per heavy atom. The van der Waals surface area contributed by atoms with Crippen molar-refractivity contribution < 1.29 is 19.8 Å². The Bertz CT molecular complexity index is 308. The zero-order chi connectivity index (χ0) is 9.72. The number of carboxylic acids is 2. The average molecular weight is 166 g/mol. The molecule has 0 amide bonds. The number of nitrogens with zero attached hydrogens (tertiary/aromatic N) is 2. The van der Waals surface area contributed by atoms with Crippen molar-refractivity contribution in [2.75, 3.05) is 0 Å². The molecular weight excluding hydrogens is 164 g/mol. The third kappa shape index (κ3) is 1.82. The Labute approximate surface area is 66.6 Å². The molecule has 0 rings (SSSR count). The van der Waals surface area contributed by atoms with Gasteiger partial charge in [0.1, 0.15) is 12.1 Å². The van der Waals surface area contributed by atoms with Crippen LogP contribution in [-0.4, -0.2) is 22.2 Å². The quantitative estimate of drug-likeness (QED) is 0.421. The van der Waals surface area contributed by atoms with E-state index >= 15 is 0 Å². The Morgan fingerprint density at radius 3 is 1.25 bits per heavy atom. The van der Waals surface area contributed by atoms with Gasteiger partial charge in [-0.25, -0.2) is 9.59 Å². The zero-order valence-corrected chi connectivity index (χ0v) is 5.61. The Balaban J connectivity index is 5.40. The van der Waals surface area contributed by atoms with Gasteiger partial charge in [0.15, 0.2) is 11.1 Å². The maximum absolute atomic E-state index is 10.1. The van der Waals surface area contributed by atoms with Crippen molar-refractivity contribution in [3.05, 3.63) is 11.1 Å². The van der Waals surface area contributed by atoms with E-state index in [2.05, 4.69) is 0 Å². The molecule has 0 aliphatic rings. The lowest BCUT2D eigenvalue weighted by atomic mass is 10.1. The molecule has 60 valence electrons. The van der Waals surface area contributed by atoms with E-state index in [0.717, 1.165) is 12.1 Å². The molecule has 0 saturated carbocycles. The summed E-state index contributed by atoms with van der Waals surface area (Å²) >= 11 is 0. The predicted molar refractivity (Wildman–Crippen MR) is 33.5 cm³/mol. The first-order chi connectivity index (χ1) is 5.54. The minimum absolute atomic E-state index is 1.06. The van der Waals surface area contributed by atoms with E-state index < -0.39 is 23.1 Å². The fourth-order valence-corrected chi connectivity index (χ4v) is 0.421. The Hall–Kier alpha value is -2.34. The van der Waals surface area contributed by atoms with Crippen LogP contribution >= 0.6 is 0 Å². The molecule has 0 saturated heterocycles. The maximum atomic E-state index is 10.1. The Kier molecular flexibility index (Phi) is 3.01. The first kappa shape index (κ1) is 9.66. The molecular formula is C6H2N2O4. The molecule has 0 fully saturated rings. The van der Waals surface area contributed by atoms with E-state index in [9.17, 15) is 9.59 Å². The fraction of sp³-hybridized carbons (Fsp3) is 0. The molecule has 6 heteroatoms. The summed E-state index contributed by atoms with van der Waals surface area (Å²) in [5.74, 6) is -3.45. The van der Waals surface area contributed by atoms with Gasteiger partial charge in [-0.05, 0) is 0 Å². The van der Waals surface area contributed by atoms with Crippen LogP contribution in [0.1, 0.15) is 0 Å². The van der Waals surface area contributed by atoms with Crippen molar-refractivity contribution in [2.45, 2.75) is 0 Å². The van der Waals surface area contributed by atoms with Crippen LogP contribution in [0.4, 0.5) is 0 Å². The first-order valence-electron chi connectivity index (χ1n) is 2.55. The minimum Gasteiger partial charge on any atom is -0.477 e. The van der Waals surface area contributed by atoms with Crippen LogP contribution in [0, 0.1) is 22.7 Å². The second kappa shape index (κ2) is 3.74. The SMILES string of the molecule is N#CC(C(=O)O)=C(C#N)C(=O)O. The summed E-state index contributed by atoms with van der Waals surface area (Å²) in [5.41, 5.74) is -2.13. The second-order valence-electron chi connectivity index (χ2n) is 1.58. The van der Waals surface area contributed by atoms with E-state index in [0.29, 0.717) is 0 Å². The molecule has 6 nitrogen and oxygen atoms in total. The molecule has 0 aliphatic heterocycles. The normalized spacial score (nSPS) is 10.5. The van der Waals surface area contributed by atoms with Gasteiger partial charge < -0.3 is 10.2 Å². The third-order valence-electron chi connectivity index (χ3n) is 0.901. The molecule has 12 heavy (non-hydrogen) atoms. The number of nitriles is 2. The molecule has 0 spiro atoms. The molecule has 0 aromatic heterocycles. The summed E-state index contributed by atoms with van der Waals surface area (Å²) in [6, 6.07) is 2.22. The van der Waals surface area contributed by atoms with Crippen molar-refractivity contribution in [3.8, 4) is 12.1 Å². The predicted octanol–water partition coefficient (Wildman–Crippen LogP) is -0.501. The number of carbonyl (C=O) groups is 2. The molecule has 0 radical (unpaired) electrons. The summed E-state index contributed by atoms with van der Waals surface area (Å²) < 4.78 is 0. The average Bonchev–Trinajstić information content (AvgIpc) is 1.98. The topological polar surface area (TPSA) is 122 Å². The van der Waals surface area contributed by atoms with Crippen LogP contribution in [0.5, 0.6) is 0 Å². The summed E-state index contributed by atoms with van der Waals surface area (Å²) in [4.78, 5) is 20.3. The smallest absolute Gasteiger partial charge is 0.348 e. The van der Waals surface area contributed by atoms with Gasteiger partial charge in [-0.1, -0.05) is 0 Å². The van der Waals surface area contributed by atoms with Crippen LogP contribution in [0.3, 0.4) is 0 Å². The fourth-order valence-electron chi connectivity index (χ4n) is 0.421. The van der Waals surface area contributed by atoms with Crippen LogP contribution in [0.2, 0.25) is 0 Å². The molecule has 0 heterocycles. The number of hydrogen-bond donors (Lipinski definition) is 2. The molecule has 0 aromatic carbocycles. The van der Waals surface area contributed by atoms with Crippen LogP contribution < -0.4 is 0 Å². The highest BCUT2D eigenvalue weighted by Crippen LogP contribution is 2.02. The molecule has 2 N–H and O–H groups in total. The molecule has 0 unspecified atom stereocenters. The van der Waals surface area contributed by atoms with E-state index in [1.807, 2.05) is 0 Å². The van der Waals surface area contributed by atoms with Crippen molar-refractivity contribution in [1.82, 2.24) is 0 Å². The highest BCUT2D eigenvalue weighted by atomic mass is 16.4. The monoisotopic (exact) mass is 166 g/mol. The number of aliphatic carboxylic acids is 2. The van der Waals surface area contributed by atoms with Crippen molar-refractivity contribution in [1.29, 1.82) is 10.5 Å². The van der Waals surface area contributed by atoms with E-state index in [-0.39, 0.29) is 0 Å². The van der Waals surface area contributed by atoms with E-state index in [1.165, 1.54) is 0 Å². The van der Waals surface area contributed by atoms with Gasteiger partial charge in [0.2, 0.25) is 0 Å².